The molecule has 158 valence electrons. The van der Waals surface area contributed by atoms with Gasteiger partial charge < -0.3 is 9.88 Å². The summed E-state index contributed by atoms with van der Waals surface area (Å²) in [7, 11) is 0. The summed E-state index contributed by atoms with van der Waals surface area (Å²) in [6, 6.07) is 20.1. The Morgan fingerprint density at radius 2 is 1.81 bits per heavy atom. The van der Waals surface area contributed by atoms with Crippen LogP contribution in [0, 0.1) is 13.8 Å². The summed E-state index contributed by atoms with van der Waals surface area (Å²) >= 11 is 1.72. The van der Waals surface area contributed by atoms with Crippen LogP contribution >= 0.6 is 11.3 Å². The zero-order valence-corrected chi connectivity index (χ0v) is 18.8. The average molecular weight is 438 g/mol. The van der Waals surface area contributed by atoms with Gasteiger partial charge >= 0.3 is 0 Å². The molecule has 0 spiro atoms. The van der Waals surface area contributed by atoms with Gasteiger partial charge in [-0.15, -0.1) is 11.3 Å². The topological polar surface area (TPSA) is 46.9 Å². The fourth-order valence-corrected chi connectivity index (χ4v) is 4.77. The molecule has 1 N–H and O–H groups in total. The van der Waals surface area contributed by atoms with Crippen molar-refractivity contribution in [3.63, 3.8) is 0 Å². The van der Waals surface area contributed by atoms with Gasteiger partial charge in [-0.3, -0.25) is 9.78 Å². The first kappa shape index (κ1) is 20.2. The van der Waals surface area contributed by atoms with E-state index in [1.54, 1.807) is 11.3 Å². The molecule has 0 aliphatic rings. The highest BCUT2D eigenvalue weighted by atomic mass is 32.1. The molecule has 3 aromatic heterocycles. The number of aromatic nitrogens is 2. The summed E-state index contributed by atoms with van der Waals surface area (Å²) < 4.78 is 2.12. The molecule has 4 nitrogen and oxygen atoms in total. The minimum Gasteiger partial charge on any atom is -0.350 e. The second kappa shape index (κ2) is 8.44. The van der Waals surface area contributed by atoms with E-state index in [9.17, 15) is 4.79 Å². The van der Waals surface area contributed by atoms with E-state index in [1.807, 2.05) is 74.0 Å². The van der Waals surface area contributed by atoms with Crippen LogP contribution in [0.15, 0.2) is 84.6 Å². The van der Waals surface area contributed by atoms with Crippen LogP contribution in [0.5, 0.6) is 0 Å². The highest BCUT2D eigenvalue weighted by Crippen LogP contribution is 2.28. The van der Waals surface area contributed by atoms with Gasteiger partial charge in [-0.2, -0.15) is 0 Å². The number of hydrogen-bond acceptors (Lipinski definition) is 3. The average Bonchev–Trinajstić information content (AvgIpc) is 3.47. The third kappa shape index (κ3) is 4.07. The van der Waals surface area contributed by atoms with E-state index >= 15 is 0 Å². The van der Waals surface area contributed by atoms with Gasteiger partial charge in [-0.05, 0) is 83.9 Å². The third-order valence-electron chi connectivity index (χ3n) is 5.60. The Morgan fingerprint density at radius 1 is 1.03 bits per heavy atom. The van der Waals surface area contributed by atoms with Crippen molar-refractivity contribution in [1.82, 2.24) is 9.55 Å². The minimum atomic E-state index is -0.120. The Bertz CT molecular complexity index is 1400. The van der Waals surface area contributed by atoms with E-state index in [2.05, 4.69) is 39.3 Å². The van der Waals surface area contributed by atoms with Gasteiger partial charge in [0.1, 0.15) is 0 Å². The number of nitrogens with zero attached hydrogens (tertiary/aromatic N) is 2. The lowest BCUT2D eigenvalue weighted by molar-refractivity contribution is 0.102. The van der Waals surface area contributed by atoms with Crippen molar-refractivity contribution in [2.75, 3.05) is 5.32 Å². The number of rotatable bonds is 5. The van der Waals surface area contributed by atoms with E-state index < -0.39 is 0 Å². The number of hydrogen-bond donors (Lipinski definition) is 1. The lowest BCUT2D eigenvalue weighted by Crippen LogP contribution is -2.13. The SMILES string of the molecule is Cc1csc(-c2ccc(C(=O)Nc3ccc4cc(Cn5cccc5)cnc4c3C)cc2)c1. The summed E-state index contributed by atoms with van der Waals surface area (Å²) in [5.41, 5.74) is 6.82. The molecule has 5 heteroatoms. The third-order valence-corrected chi connectivity index (χ3v) is 6.70. The molecule has 0 radical (unpaired) electrons. The second-order valence-electron chi connectivity index (χ2n) is 8.03. The molecule has 32 heavy (non-hydrogen) atoms. The van der Waals surface area contributed by atoms with Gasteiger partial charge in [-0.25, -0.2) is 0 Å². The zero-order valence-electron chi connectivity index (χ0n) is 18.0. The standard InChI is InChI=1S/C27H23N3OS/c1-18-13-25(32-17-18)21-5-7-22(8-6-21)27(31)29-24-10-9-23-14-20(15-28-26(23)19(24)2)16-30-11-3-4-12-30/h3-15,17H,16H2,1-2H3,(H,29,31). The quantitative estimate of drug-likeness (QED) is 0.333. The first-order valence-electron chi connectivity index (χ1n) is 10.5. The Hall–Kier alpha value is -3.70. The van der Waals surface area contributed by atoms with Gasteiger partial charge in [0.15, 0.2) is 0 Å². The van der Waals surface area contributed by atoms with Crippen molar-refractivity contribution < 1.29 is 4.79 Å². The number of fused-ring (bicyclic) bond motifs is 1. The summed E-state index contributed by atoms with van der Waals surface area (Å²) in [6.45, 7) is 4.87. The van der Waals surface area contributed by atoms with Crippen LogP contribution in [-0.2, 0) is 6.54 Å². The van der Waals surface area contributed by atoms with Crippen molar-refractivity contribution in [3.8, 4) is 10.4 Å². The van der Waals surface area contributed by atoms with Gasteiger partial charge in [0, 0.05) is 46.6 Å². The normalized spacial score (nSPS) is 11.1. The number of anilines is 1. The van der Waals surface area contributed by atoms with Crippen LogP contribution < -0.4 is 5.32 Å². The maximum absolute atomic E-state index is 12.9. The van der Waals surface area contributed by atoms with E-state index in [-0.39, 0.29) is 5.91 Å². The fourth-order valence-electron chi connectivity index (χ4n) is 3.86. The molecule has 5 rings (SSSR count). The molecule has 0 aliphatic carbocycles. The first-order valence-corrected chi connectivity index (χ1v) is 11.4. The van der Waals surface area contributed by atoms with E-state index in [0.29, 0.717) is 5.56 Å². The Balaban J connectivity index is 1.35. The predicted octanol–water partition coefficient (Wildman–Crippen LogP) is 6.68. The van der Waals surface area contributed by atoms with Gasteiger partial charge in [0.05, 0.1) is 5.52 Å². The molecule has 0 fully saturated rings. The van der Waals surface area contributed by atoms with Crippen LogP contribution in [0.25, 0.3) is 21.3 Å². The van der Waals surface area contributed by atoms with Gasteiger partial charge in [-0.1, -0.05) is 18.2 Å². The highest BCUT2D eigenvalue weighted by Gasteiger charge is 2.11. The number of carbonyl (C=O) groups is 1. The molecule has 0 atom stereocenters. The zero-order chi connectivity index (χ0) is 22.1. The minimum absolute atomic E-state index is 0.120. The first-order chi connectivity index (χ1) is 15.6. The van der Waals surface area contributed by atoms with Gasteiger partial charge in [0.25, 0.3) is 5.91 Å². The monoisotopic (exact) mass is 437 g/mol. The number of amides is 1. The second-order valence-corrected chi connectivity index (χ2v) is 8.94. The lowest BCUT2D eigenvalue weighted by atomic mass is 10.1. The van der Waals surface area contributed by atoms with Crippen molar-refractivity contribution in [2.45, 2.75) is 20.4 Å². The Labute approximate surface area is 191 Å². The largest absolute Gasteiger partial charge is 0.350 e. The van der Waals surface area contributed by atoms with E-state index in [4.69, 9.17) is 0 Å². The number of pyridine rings is 1. The maximum Gasteiger partial charge on any atom is 0.255 e. The number of benzene rings is 2. The molecule has 0 unspecified atom stereocenters. The number of aryl methyl sites for hydroxylation is 2. The molecule has 0 bridgehead atoms. The Kier molecular flexibility index (Phi) is 5.33. The predicted molar refractivity (Wildman–Crippen MR) is 132 cm³/mol. The number of carbonyl (C=O) groups excluding carboxylic acids is 1. The molecule has 2 aromatic carbocycles. The van der Waals surface area contributed by atoms with Crippen LogP contribution in [0.3, 0.4) is 0 Å². The Morgan fingerprint density at radius 3 is 2.53 bits per heavy atom. The summed E-state index contributed by atoms with van der Waals surface area (Å²) in [5.74, 6) is -0.120. The van der Waals surface area contributed by atoms with Crippen LogP contribution in [0.1, 0.15) is 27.0 Å². The maximum atomic E-state index is 12.9. The molecule has 0 aliphatic heterocycles. The van der Waals surface area contributed by atoms with Crippen molar-refractivity contribution >= 4 is 33.8 Å². The molecule has 3 heterocycles. The number of thiophene rings is 1. The summed E-state index contributed by atoms with van der Waals surface area (Å²) in [5, 5.41) is 6.26. The molecule has 0 saturated heterocycles. The van der Waals surface area contributed by atoms with E-state index in [1.165, 1.54) is 10.4 Å². The van der Waals surface area contributed by atoms with Crippen LogP contribution in [0.4, 0.5) is 5.69 Å². The molecule has 5 aromatic rings. The lowest BCUT2D eigenvalue weighted by Gasteiger charge is -2.12. The van der Waals surface area contributed by atoms with Crippen molar-refractivity contribution in [3.05, 3.63) is 107 Å². The van der Waals surface area contributed by atoms with Crippen LogP contribution in [-0.4, -0.2) is 15.5 Å². The molecule has 0 saturated carbocycles. The summed E-state index contributed by atoms with van der Waals surface area (Å²) in [6.07, 6.45) is 6.00. The highest BCUT2D eigenvalue weighted by molar-refractivity contribution is 7.13. The van der Waals surface area contributed by atoms with Gasteiger partial charge in [0.2, 0.25) is 0 Å². The molecular weight excluding hydrogens is 414 g/mol. The van der Waals surface area contributed by atoms with E-state index in [0.717, 1.165) is 39.8 Å². The van der Waals surface area contributed by atoms with Crippen LogP contribution in [0.2, 0.25) is 0 Å². The van der Waals surface area contributed by atoms with Crippen molar-refractivity contribution in [2.24, 2.45) is 0 Å². The van der Waals surface area contributed by atoms with Crippen molar-refractivity contribution in [1.29, 1.82) is 0 Å². The molecular formula is C27H23N3OS. The smallest absolute Gasteiger partial charge is 0.255 e. The summed E-state index contributed by atoms with van der Waals surface area (Å²) in [4.78, 5) is 18.8. The fraction of sp³-hybridized carbons (Fsp3) is 0.111. The molecule has 1 amide bonds. The number of nitrogens with one attached hydrogen (secondary N) is 1.